The van der Waals surface area contributed by atoms with Crippen LogP contribution < -0.4 is 5.46 Å². The highest BCUT2D eigenvalue weighted by Gasteiger charge is 2.51. The fourth-order valence-corrected chi connectivity index (χ4v) is 2.20. The van der Waals surface area contributed by atoms with Crippen LogP contribution in [-0.2, 0) is 15.9 Å². The Morgan fingerprint density at radius 2 is 1.64 bits per heavy atom. The summed E-state index contributed by atoms with van der Waals surface area (Å²) in [5.41, 5.74) is 1.03. The molecule has 1 aromatic carbocycles. The van der Waals surface area contributed by atoms with Gasteiger partial charge in [0, 0.05) is 5.56 Å². The molecule has 0 bridgehead atoms. The normalized spacial score (nSPS) is 19.6. The van der Waals surface area contributed by atoms with E-state index in [0.717, 1.165) is 11.0 Å². The smallest absolute Gasteiger partial charge is 0.399 e. The first-order valence-electron chi connectivity index (χ1n) is 7.22. The topological polar surface area (TPSA) is 77.6 Å². The largest absolute Gasteiger partial charge is 0.494 e. The van der Waals surface area contributed by atoms with E-state index in [-0.39, 0.29) is 23.7 Å². The van der Waals surface area contributed by atoms with Gasteiger partial charge in [0.05, 0.1) is 11.2 Å². The lowest BCUT2D eigenvalue weighted by atomic mass is 9.79. The Labute approximate surface area is 129 Å². The van der Waals surface area contributed by atoms with Crippen molar-refractivity contribution in [2.75, 3.05) is 0 Å². The van der Waals surface area contributed by atoms with Crippen LogP contribution in [0.15, 0.2) is 28.8 Å². The minimum absolute atomic E-state index is 0.199. The summed E-state index contributed by atoms with van der Waals surface area (Å²) in [4.78, 5) is 4.08. The van der Waals surface area contributed by atoms with Crippen molar-refractivity contribution in [3.63, 3.8) is 0 Å². The lowest BCUT2D eigenvalue weighted by Crippen LogP contribution is -2.41. The van der Waals surface area contributed by atoms with E-state index in [9.17, 15) is 0 Å². The van der Waals surface area contributed by atoms with Gasteiger partial charge in [0.15, 0.2) is 0 Å². The van der Waals surface area contributed by atoms with E-state index in [0.29, 0.717) is 5.82 Å². The first-order chi connectivity index (χ1) is 10.3. The Morgan fingerprint density at radius 1 is 1.05 bits per heavy atom. The van der Waals surface area contributed by atoms with E-state index in [1.165, 1.54) is 0 Å². The van der Waals surface area contributed by atoms with Gasteiger partial charge in [-0.2, -0.15) is 4.98 Å². The lowest BCUT2D eigenvalue weighted by molar-refractivity contribution is 0.00578. The monoisotopic (exact) mass is 302 g/mol. The van der Waals surface area contributed by atoms with Gasteiger partial charge in [0.2, 0.25) is 5.82 Å². The van der Waals surface area contributed by atoms with Crippen LogP contribution in [0.3, 0.4) is 0 Å². The van der Waals surface area contributed by atoms with Crippen molar-refractivity contribution in [1.29, 1.82) is 0 Å². The van der Waals surface area contributed by atoms with Gasteiger partial charge in [-0.3, -0.25) is 0 Å². The highest BCUT2D eigenvalue weighted by Crippen LogP contribution is 2.36. The summed E-state index contributed by atoms with van der Waals surface area (Å²) < 4.78 is 16.9. The van der Waals surface area contributed by atoms with Crippen molar-refractivity contribution in [2.45, 2.75) is 45.5 Å². The van der Waals surface area contributed by atoms with Crippen LogP contribution in [0.1, 0.15) is 33.6 Å². The number of rotatable bonds is 3. The van der Waals surface area contributed by atoms with Crippen molar-refractivity contribution >= 4 is 12.6 Å². The van der Waals surface area contributed by atoms with Gasteiger partial charge in [-0.15, -0.1) is 0 Å². The van der Waals surface area contributed by atoms with Crippen LogP contribution >= 0.6 is 0 Å². The van der Waals surface area contributed by atoms with Crippen molar-refractivity contribution < 1.29 is 18.9 Å². The minimum atomic E-state index is -0.391. The zero-order valence-electron chi connectivity index (χ0n) is 13.2. The number of benzene rings is 1. The molecule has 6 nitrogen and oxygen atoms in total. The number of nitrogens with zero attached hydrogens (tertiary/aromatic N) is 2. The standard InChI is InChI=1S/C15H19BN2O4/c1-14(2)15(3,4)22-16(21-14)11-7-5-10(6-8-11)13-17-12(9-19)20-18-13/h5-8,19H,9H2,1-4H3. The maximum atomic E-state index is 8.95. The second kappa shape index (κ2) is 5.19. The molecule has 116 valence electrons. The summed E-state index contributed by atoms with van der Waals surface area (Å²) in [5, 5.41) is 12.8. The molecule has 2 heterocycles. The molecule has 3 rings (SSSR count). The number of hydrogen-bond donors (Lipinski definition) is 1. The van der Waals surface area contributed by atoms with Gasteiger partial charge >= 0.3 is 7.12 Å². The van der Waals surface area contributed by atoms with Crippen molar-refractivity contribution in [3.8, 4) is 11.4 Å². The minimum Gasteiger partial charge on any atom is -0.399 e. The van der Waals surface area contributed by atoms with Crippen LogP contribution in [0, 0.1) is 0 Å². The molecule has 1 aliphatic rings. The molecule has 1 N–H and O–H groups in total. The molecular formula is C15H19BN2O4. The molecule has 22 heavy (non-hydrogen) atoms. The van der Waals surface area contributed by atoms with Crippen LogP contribution in [0.4, 0.5) is 0 Å². The Hall–Kier alpha value is -1.70. The van der Waals surface area contributed by atoms with Crippen LogP contribution in [-0.4, -0.2) is 33.6 Å². The second-order valence-corrected chi connectivity index (χ2v) is 6.38. The molecule has 0 atom stereocenters. The zero-order chi connectivity index (χ0) is 16.0. The number of aromatic nitrogens is 2. The Morgan fingerprint density at radius 3 is 2.14 bits per heavy atom. The number of hydrogen-bond acceptors (Lipinski definition) is 6. The third kappa shape index (κ3) is 2.56. The average molecular weight is 302 g/mol. The molecule has 1 aliphatic heterocycles. The van der Waals surface area contributed by atoms with Crippen molar-refractivity contribution in [3.05, 3.63) is 30.2 Å². The molecular weight excluding hydrogens is 283 g/mol. The van der Waals surface area contributed by atoms with Gasteiger partial charge in [0.1, 0.15) is 6.61 Å². The fraction of sp³-hybridized carbons (Fsp3) is 0.467. The second-order valence-electron chi connectivity index (χ2n) is 6.38. The Kier molecular flexibility index (Phi) is 3.59. The quantitative estimate of drug-likeness (QED) is 0.866. The highest BCUT2D eigenvalue weighted by molar-refractivity contribution is 6.62. The first kappa shape index (κ1) is 15.2. The van der Waals surface area contributed by atoms with E-state index in [2.05, 4.69) is 10.1 Å². The van der Waals surface area contributed by atoms with Crippen LogP contribution in [0.2, 0.25) is 0 Å². The summed E-state index contributed by atoms with van der Waals surface area (Å²) >= 11 is 0. The molecule has 1 aromatic heterocycles. The molecule has 7 heteroatoms. The van der Waals surface area contributed by atoms with Gasteiger partial charge in [-0.1, -0.05) is 29.4 Å². The summed E-state index contributed by atoms with van der Waals surface area (Å²) in [6, 6.07) is 7.61. The van der Waals surface area contributed by atoms with E-state index in [4.69, 9.17) is 18.9 Å². The predicted octanol–water partition coefficient (Wildman–Crippen LogP) is 1.53. The SMILES string of the molecule is CC1(C)OB(c2ccc(-c3noc(CO)n3)cc2)OC1(C)C. The van der Waals surface area contributed by atoms with E-state index < -0.39 is 7.12 Å². The molecule has 0 spiro atoms. The van der Waals surface area contributed by atoms with Crippen molar-refractivity contribution in [1.82, 2.24) is 10.1 Å². The van der Waals surface area contributed by atoms with Crippen molar-refractivity contribution in [2.24, 2.45) is 0 Å². The lowest BCUT2D eigenvalue weighted by Gasteiger charge is -2.32. The molecule has 1 fully saturated rings. The van der Waals surface area contributed by atoms with Gasteiger partial charge in [0.25, 0.3) is 5.89 Å². The third-order valence-corrected chi connectivity index (χ3v) is 4.30. The maximum absolute atomic E-state index is 8.95. The van der Waals surface area contributed by atoms with Gasteiger partial charge in [-0.05, 0) is 33.2 Å². The van der Waals surface area contributed by atoms with Gasteiger partial charge < -0.3 is 18.9 Å². The predicted molar refractivity (Wildman–Crippen MR) is 81.4 cm³/mol. The van der Waals surface area contributed by atoms with E-state index >= 15 is 0 Å². The molecule has 0 unspecified atom stereocenters. The third-order valence-electron chi connectivity index (χ3n) is 4.30. The Balaban J connectivity index is 1.81. The fourth-order valence-electron chi connectivity index (χ4n) is 2.20. The molecule has 0 saturated carbocycles. The maximum Gasteiger partial charge on any atom is 0.494 e. The molecule has 1 saturated heterocycles. The summed E-state index contributed by atoms with van der Waals surface area (Å²) in [7, 11) is -0.391. The van der Waals surface area contributed by atoms with E-state index in [1.807, 2.05) is 52.0 Å². The highest BCUT2D eigenvalue weighted by atomic mass is 16.7. The average Bonchev–Trinajstić information content (AvgIpc) is 3.02. The van der Waals surface area contributed by atoms with Gasteiger partial charge in [-0.25, -0.2) is 0 Å². The Bertz CT molecular complexity index is 650. The summed E-state index contributed by atoms with van der Waals surface area (Å²) in [6.07, 6.45) is 0. The molecule has 0 radical (unpaired) electrons. The number of aliphatic hydroxyl groups is 1. The number of aliphatic hydroxyl groups excluding tert-OH is 1. The first-order valence-corrected chi connectivity index (χ1v) is 7.22. The molecule has 2 aromatic rings. The van der Waals surface area contributed by atoms with Crippen LogP contribution in [0.5, 0.6) is 0 Å². The van der Waals surface area contributed by atoms with Crippen LogP contribution in [0.25, 0.3) is 11.4 Å². The van der Waals surface area contributed by atoms with E-state index in [1.54, 1.807) is 0 Å². The zero-order valence-corrected chi connectivity index (χ0v) is 13.2. The molecule has 0 aliphatic carbocycles. The summed E-state index contributed by atoms with van der Waals surface area (Å²) in [5.74, 6) is 0.648. The summed E-state index contributed by atoms with van der Waals surface area (Å²) in [6.45, 7) is 7.83. The molecule has 0 amide bonds.